The molecule has 1 fully saturated rings. The van der Waals surface area contributed by atoms with Crippen LogP contribution in [0.5, 0.6) is 5.75 Å². The van der Waals surface area contributed by atoms with Crippen molar-refractivity contribution in [3.8, 4) is 5.75 Å². The van der Waals surface area contributed by atoms with Crippen LogP contribution in [0.2, 0.25) is 18.1 Å². The lowest BCUT2D eigenvalue weighted by Crippen LogP contribution is -2.54. The molecule has 0 saturated carbocycles. The summed E-state index contributed by atoms with van der Waals surface area (Å²) in [7, 11) is -0.637. The van der Waals surface area contributed by atoms with E-state index in [1.807, 2.05) is 90.4 Å². The van der Waals surface area contributed by atoms with Gasteiger partial charge in [0.05, 0.1) is 25.7 Å². The van der Waals surface area contributed by atoms with Gasteiger partial charge in [0.1, 0.15) is 23.2 Å². The van der Waals surface area contributed by atoms with Crippen molar-refractivity contribution in [1.82, 2.24) is 9.55 Å². The summed E-state index contributed by atoms with van der Waals surface area (Å²) >= 11 is 6.92. The van der Waals surface area contributed by atoms with Crippen LogP contribution in [0.15, 0.2) is 102 Å². The Morgan fingerprint density at radius 3 is 2.04 bits per heavy atom. The largest absolute Gasteiger partial charge is 0.497 e. The van der Waals surface area contributed by atoms with Gasteiger partial charge in [0.25, 0.3) is 0 Å². The Balaban J connectivity index is 1.69. The summed E-state index contributed by atoms with van der Waals surface area (Å²) in [5.74, 6) is 0.802. The monoisotopic (exact) mass is 677 g/mol. The third-order valence-corrected chi connectivity index (χ3v) is 14.4. The van der Waals surface area contributed by atoms with E-state index in [0.717, 1.165) is 22.4 Å². The molecule has 4 aromatic rings. The van der Waals surface area contributed by atoms with E-state index in [0.29, 0.717) is 0 Å². The zero-order valence-corrected chi connectivity index (χ0v) is 29.5. The number of alkyl halides is 1. The zero-order valence-electron chi connectivity index (χ0n) is 27.8. The van der Waals surface area contributed by atoms with Gasteiger partial charge in [0.2, 0.25) is 0 Å². The molecule has 0 aliphatic carbocycles. The smallest absolute Gasteiger partial charge is 0.351 e. The van der Waals surface area contributed by atoms with Crippen LogP contribution in [0.3, 0.4) is 0 Å². The van der Waals surface area contributed by atoms with Crippen molar-refractivity contribution in [2.75, 3.05) is 25.1 Å². The topological polar surface area (TPSA) is 104 Å². The van der Waals surface area contributed by atoms with Crippen molar-refractivity contribution in [2.24, 2.45) is 0 Å². The summed E-state index contributed by atoms with van der Waals surface area (Å²) in [6.07, 6.45) is 0.396. The van der Waals surface area contributed by atoms with Gasteiger partial charge in [-0.05, 0) is 53.0 Å². The van der Waals surface area contributed by atoms with Crippen molar-refractivity contribution in [1.29, 1.82) is 0 Å². The minimum absolute atomic E-state index is 0.0357. The molecule has 1 aliphatic heterocycles. The molecule has 0 unspecified atom stereocenters. The second-order valence-corrected chi connectivity index (χ2v) is 18.5. The number of nitrogens with one attached hydrogen (secondary N) is 1. The number of methoxy groups -OCH3 is 1. The fourth-order valence-corrected chi connectivity index (χ4v) is 7.05. The minimum Gasteiger partial charge on any atom is -0.497 e. The highest BCUT2D eigenvalue weighted by Gasteiger charge is 2.55. The molecule has 47 heavy (non-hydrogen) atoms. The number of rotatable bonds is 12. The van der Waals surface area contributed by atoms with E-state index >= 15 is 0 Å². The van der Waals surface area contributed by atoms with Crippen molar-refractivity contribution < 1.29 is 23.8 Å². The quantitative estimate of drug-likeness (QED) is 0.0695. The molecular formula is C36H44ClN3O6Si. The molecule has 0 bridgehead atoms. The normalized spacial score (nSPS) is 20.3. The molecule has 3 atom stereocenters. The first-order valence-corrected chi connectivity index (χ1v) is 19.1. The Hall–Kier alpha value is -3.51. The highest BCUT2D eigenvalue weighted by atomic mass is 35.5. The van der Waals surface area contributed by atoms with Crippen LogP contribution in [0.25, 0.3) is 0 Å². The molecule has 0 spiro atoms. The van der Waals surface area contributed by atoms with Crippen LogP contribution in [0.1, 0.15) is 50.1 Å². The number of halogens is 1. The zero-order chi connectivity index (χ0) is 33.9. The average Bonchev–Trinajstić information content (AvgIpc) is 3.44. The van der Waals surface area contributed by atoms with E-state index in [1.165, 1.54) is 10.6 Å². The Morgan fingerprint density at radius 2 is 1.55 bits per heavy atom. The molecule has 3 aromatic carbocycles. The van der Waals surface area contributed by atoms with Gasteiger partial charge in [-0.15, -0.1) is 11.6 Å². The summed E-state index contributed by atoms with van der Waals surface area (Å²) in [6, 6.07) is 29.5. The van der Waals surface area contributed by atoms with Gasteiger partial charge < -0.3 is 18.6 Å². The van der Waals surface area contributed by atoms with Crippen LogP contribution < -0.4 is 15.9 Å². The van der Waals surface area contributed by atoms with Gasteiger partial charge in [-0.1, -0.05) is 93.6 Å². The van der Waals surface area contributed by atoms with Gasteiger partial charge in [0.15, 0.2) is 14.1 Å². The molecule has 1 aromatic heterocycles. The molecule has 1 aliphatic rings. The van der Waals surface area contributed by atoms with Crippen molar-refractivity contribution in [3.05, 3.63) is 124 Å². The maximum atomic E-state index is 13.2. The minimum atomic E-state index is -2.28. The fraction of sp³-hybridized carbons (Fsp3) is 0.389. The number of anilines is 1. The highest BCUT2D eigenvalue weighted by Crippen LogP contribution is 2.49. The van der Waals surface area contributed by atoms with E-state index in [-0.39, 0.29) is 29.8 Å². The summed E-state index contributed by atoms with van der Waals surface area (Å²) < 4.78 is 28.0. The van der Waals surface area contributed by atoms with Crippen LogP contribution in [-0.2, 0) is 19.5 Å². The third kappa shape index (κ3) is 6.90. The van der Waals surface area contributed by atoms with E-state index in [2.05, 4.69) is 38.8 Å². The predicted molar refractivity (Wildman–Crippen MR) is 186 cm³/mol. The van der Waals surface area contributed by atoms with Crippen LogP contribution >= 0.6 is 11.6 Å². The Morgan fingerprint density at radius 1 is 0.979 bits per heavy atom. The van der Waals surface area contributed by atoms with Gasteiger partial charge >= 0.3 is 5.69 Å². The average molecular weight is 678 g/mol. The molecule has 1 saturated heterocycles. The molecule has 250 valence electrons. The molecule has 9 nitrogen and oxygen atoms in total. The van der Waals surface area contributed by atoms with Gasteiger partial charge in [-0.25, -0.2) is 4.79 Å². The highest BCUT2D eigenvalue weighted by molar-refractivity contribution is 6.74. The Kier molecular flexibility index (Phi) is 10.3. The molecule has 11 heteroatoms. The van der Waals surface area contributed by atoms with E-state index in [9.17, 15) is 10.0 Å². The van der Waals surface area contributed by atoms with Crippen LogP contribution in [0, 0.1) is 0 Å². The van der Waals surface area contributed by atoms with Crippen LogP contribution in [0.4, 0.5) is 5.82 Å². The first-order chi connectivity index (χ1) is 22.4. The van der Waals surface area contributed by atoms with Gasteiger partial charge in [-0.2, -0.15) is 4.98 Å². The van der Waals surface area contributed by atoms with Crippen LogP contribution in [-0.4, -0.2) is 54.4 Å². The number of hydrogen-bond donors (Lipinski definition) is 2. The number of aromatic nitrogens is 2. The second-order valence-electron chi connectivity index (χ2n) is 13.4. The summed E-state index contributed by atoms with van der Waals surface area (Å²) in [4.78, 5) is 17.1. The van der Waals surface area contributed by atoms with E-state index in [4.69, 9.17) is 30.2 Å². The molecular weight excluding hydrogens is 634 g/mol. The first kappa shape index (κ1) is 34.8. The second kappa shape index (κ2) is 13.9. The maximum absolute atomic E-state index is 13.2. The van der Waals surface area contributed by atoms with E-state index in [1.54, 1.807) is 13.3 Å². The lowest BCUT2D eigenvalue weighted by molar-refractivity contribution is -0.150. The SMILES string of the molecule is COc1ccc(C(O[C@H]2C[C@H](n3ccc(NO)nc3=O)O[C@]2(CCl)CO[Si](C)(C)C(C)(C)C)(c2ccccc2)c2ccccc2)cc1. The summed E-state index contributed by atoms with van der Waals surface area (Å²) in [6.45, 7) is 11.1. The molecule has 5 rings (SSSR count). The Labute approximate surface area is 282 Å². The molecule has 0 amide bonds. The Bertz CT molecular complexity index is 1640. The molecule has 0 radical (unpaired) electrons. The van der Waals surface area contributed by atoms with E-state index < -0.39 is 37.5 Å². The van der Waals surface area contributed by atoms with Gasteiger partial charge in [-0.3, -0.25) is 15.3 Å². The first-order valence-electron chi connectivity index (χ1n) is 15.7. The van der Waals surface area contributed by atoms with Crippen molar-refractivity contribution >= 4 is 25.7 Å². The predicted octanol–water partition coefficient (Wildman–Crippen LogP) is 7.35. The number of nitrogens with zero attached hydrogens (tertiary/aromatic N) is 2. The number of ether oxygens (including phenoxy) is 3. The fourth-order valence-electron chi connectivity index (χ4n) is 5.70. The number of hydrogen-bond acceptors (Lipinski definition) is 8. The van der Waals surface area contributed by atoms with Crippen molar-refractivity contribution in [2.45, 2.75) is 68.9 Å². The third-order valence-electron chi connectivity index (χ3n) is 9.51. The lowest BCUT2D eigenvalue weighted by atomic mass is 9.79. The molecule has 2 heterocycles. The molecule has 2 N–H and O–H groups in total. The summed E-state index contributed by atoms with van der Waals surface area (Å²) in [5.41, 5.74) is 1.79. The maximum Gasteiger partial charge on any atom is 0.351 e. The van der Waals surface area contributed by atoms with Gasteiger partial charge in [0, 0.05) is 12.6 Å². The summed E-state index contributed by atoms with van der Waals surface area (Å²) in [5, 5.41) is 9.26. The number of benzene rings is 3. The lowest BCUT2D eigenvalue weighted by Gasteiger charge is -2.44. The standard InChI is InChI=1S/C36H44ClN3O6Si/c1-34(2,3)47(5,6)44-25-35(24-37)30(23-32(46-35)40-22-21-31(39-42)38-33(40)41)45-36(26-13-9-7-10-14-26,27-15-11-8-12-16-27)28-17-19-29(43-4)20-18-28/h7-22,30,32,42H,23-25H2,1-6H3,(H,38,39,41)/t30-,32+,35+/m0/s1. The van der Waals surface area contributed by atoms with Crippen molar-refractivity contribution in [3.63, 3.8) is 0 Å².